The van der Waals surface area contributed by atoms with E-state index in [2.05, 4.69) is 0 Å². The summed E-state index contributed by atoms with van der Waals surface area (Å²) in [5.41, 5.74) is 6.37. The van der Waals surface area contributed by atoms with E-state index in [1.54, 1.807) is 6.07 Å². The van der Waals surface area contributed by atoms with E-state index in [-0.39, 0.29) is 22.7 Å². The van der Waals surface area contributed by atoms with E-state index in [4.69, 9.17) is 15.7 Å². The molecule has 0 atom stereocenters. The van der Waals surface area contributed by atoms with Gasteiger partial charge in [-0.25, -0.2) is 0 Å². The molecule has 0 fully saturated rings. The zero-order valence-corrected chi connectivity index (χ0v) is 9.43. The van der Waals surface area contributed by atoms with Crippen molar-refractivity contribution in [3.05, 3.63) is 39.4 Å². The van der Waals surface area contributed by atoms with Crippen molar-refractivity contribution in [2.24, 2.45) is 5.73 Å². The van der Waals surface area contributed by atoms with Gasteiger partial charge in [-0.05, 0) is 13.0 Å². The summed E-state index contributed by atoms with van der Waals surface area (Å²) in [5, 5.41) is 19.5. The monoisotopic (exact) mass is 233 g/mol. The van der Waals surface area contributed by atoms with Gasteiger partial charge in [-0.2, -0.15) is 5.26 Å². The van der Waals surface area contributed by atoms with E-state index >= 15 is 0 Å². The van der Waals surface area contributed by atoms with Gasteiger partial charge in [0.25, 0.3) is 0 Å². The molecule has 1 rings (SSSR count). The average Bonchev–Trinajstić information content (AvgIpc) is 2.35. The highest BCUT2D eigenvalue weighted by molar-refractivity contribution is 5.76. The molecule has 1 aromatic carbocycles. The molecular formula is C11H11N3O3. The van der Waals surface area contributed by atoms with Gasteiger partial charge in [0.05, 0.1) is 29.4 Å². The number of para-hydroxylation sites is 1. The summed E-state index contributed by atoms with van der Waals surface area (Å²) in [6, 6.07) is 6.27. The quantitative estimate of drug-likeness (QED) is 0.487. The smallest absolute Gasteiger partial charge is 0.311 e. The van der Waals surface area contributed by atoms with Gasteiger partial charge in [0.2, 0.25) is 5.75 Å². The molecule has 0 heterocycles. The van der Waals surface area contributed by atoms with Crippen molar-refractivity contribution < 1.29 is 9.66 Å². The number of rotatable bonds is 3. The van der Waals surface area contributed by atoms with Crippen LogP contribution in [0.1, 0.15) is 12.5 Å². The summed E-state index contributed by atoms with van der Waals surface area (Å²) >= 11 is 0. The number of nitro benzene ring substituents is 1. The second kappa shape index (κ2) is 4.99. The lowest BCUT2D eigenvalue weighted by atomic mass is 10.1. The van der Waals surface area contributed by atoms with E-state index in [0.29, 0.717) is 5.56 Å². The molecule has 2 N–H and O–H groups in total. The third-order valence-corrected chi connectivity index (χ3v) is 2.26. The Kier molecular flexibility index (Phi) is 3.67. The molecule has 0 aliphatic rings. The Morgan fingerprint density at radius 1 is 1.59 bits per heavy atom. The Morgan fingerprint density at radius 3 is 2.71 bits per heavy atom. The summed E-state index contributed by atoms with van der Waals surface area (Å²) in [6.07, 6.45) is 0. The van der Waals surface area contributed by atoms with Crippen LogP contribution in [0.5, 0.6) is 5.75 Å². The summed E-state index contributed by atoms with van der Waals surface area (Å²) in [4.78, 5) is 10.2. The third kappa shape index (κ3) is 2.34. The molecule has 6 heteroatoms. The lowest BCUT2D eigenvalue weighted by molar-refractivity contribution is -0.385. The highest BCUT2D eigenvalue weighted by Gasteiger charge is 2.20. The van der Waals surface area contributed by atoms with Crippen LogP contribution >= 0.6 is 0 Å². The minimum Gasteiger partial charge on any atom is -0.490 e. The van der Waals surface area contributed by atoms with Crippen LogP contribution in [0.3, 0.4) is 0 Å². The van der Waals surface area contributed by atoms with Crippen LogP contribution < -0.4 is 10.5 Å². The molecule has 1 aromatic rings. The fourth-order valence-corrected chi connectivity index (χ4v) is 1.36. The van der Waals surface area contributed by atoms with Crippen molar-refractivity contribution in [1.82, 2.24) is 0 Å². The normalized spacial score (nSPS) is 11.4. The first-order chi connectivity index (χ1) is 8.02. The Hall–Kier alpha value is -2.55. The fourth-order valence-electron chi connectivity index (χ4n) is 1.36. The number of nitro groups is 1. The maximum absolute atomic E-state index is 10.8. The number of methoxy groups -OCH3 is 1. The molecule has 17 heavy (non-hydrogen) atoms. The minimum absolute atomic E-state index is 0.0598. The first kappa shape index (κ1) is 12.5. The number of nitrogens with two attached hydrogens (primary N) is 1. The van der Waals surface area contributed by atoms with Crippen molar-refractivity contribution >= 4 is 11.4 Å². The van der Waals surface area contributed by atoms with Crippen molar-refractivity contribution in [2.45, 2.75) is 6.92 Å². The van der Waals surface area contributed by atoms with Gasteiger partial charge in [-0.1, -0.05) is 6.07 Å². The van der Waals surface area contributed by atoms with Crippen molar-refractivity contribution in [3.63, 3.8) is 0 Å². The largest absolute Gasteiger partial charge is 0.490 e. The van der Waals surface area contributed by atoms with Gasteiger partial charge in [0.1, 0.15) is 0 Å². The predicted octanol–water partition coefficient (Wildman–Crippen LogP) is 1.82. The number of allylic oxidation sites excluding steroid dienone is 1. The van der Waals surface area contributed by atoms with Gasteiger partial charge in [-0.15, -0.1) is 0 Å². The number of nitriles is 1. The number of hydrogen-bond donors (Lipinski definition) is 1. The predicted molar refractivity (Wildman–Crippen MR) is 62.0 cm³/mol. The molecule has 0 saturated heterocycles. The van der Waals surface area contributed by atoms with Crippen LogP contribution in [0.15, 0.2) is 23.8 Å². The Balaban J connectivity index is 3.52. The van der Waals surface area contributed by atoms with E-state index in [1.165, 1.54) is 26.2 Å². The van der Waals surface area contributed by atoms with Gasteiger partial charge < -0.3 is 10.5 Å². The minimum atomic E-state index is -0.558. The number of ether oxygens (including phenoxy) is 1. The number of nitrogens with zero attached hydrogens (tertiary/aromatic N) is 2. The van der Waals surface area contributed by atoms with E-state index in [1.807, 2.05) is 6.07 Å². The Labute approximate surface area is 98.1 Å². The molecule has 0 amide bonds. The number of benzene rings is 1. The zero-order valence-electron chi connectivity index (χ0n) is 9.43. The molecule has 0 aromatic heterocycles. The van der Waals surface area contributed by atoms with E-state index in [9.17, 15) is 10.1 Å². The third-order valence-electron chi connectivity index (χ3n) is 2.26. The molecular weight excluding hydrogens is 222 g/mol. The van der Waals surface area contributed by atoms with Crippen LogP contribution in [0.4, 0.5) is 5.69 Å². The second-order valence-electron chi connectivity index (χ2n) is 3.27. The van der Waals surface area contributed by atoms with Crippen LogP contribution in [-0.2, 0) is 0 Å². The van der Waals surface area contributed by atoms with Crippen LogP contribution in [0.2, 0.25) is 0 Å². The molecule has 88 valence electrons. The first-order valence-electron chi connectivity index (χ1n) is 4.71. The topological polar surface area (TPSA) is 102 Å². The SMILES string of the molecule is COc1c(/C(N)=C(/C)C#N)cccc1[N+](=O)[O-]. The van der Waals surface area contributed by atoms with E-state index in [0.717, 1.165) is 0 Å². The average molecular weight is 233 g/mol. The molecule has 0 radical (unpaired) electrons. The summed E-state index contributed by atoms with van der Waals surface area (Å²) < 4.78 is 4.99. The molecule has 0 bridgehead atoms. The standard InChI is InChI=1S/C11H11N3O3/c1-7(6-12)10(13)8-4-3-5-9(14(15)16)11(8)17-2/h3-5H,13H2,1-2H3/b10-7+. The summed E-state index contributed by atoms with van der Waals surface area (Å²) in [7, 11) is 1.32. The van der Waals surface area contributed by atoms with Crippen molar-refractivity contribution in [1.29, 1.82) is 5.26 Å². The summed E-state index contributed by atoms with van der Waals surface area (Å²) in [6.45, 7) is 1.54. The number of hydrogen-bond acceptors (Lipinski definition) is 5. The lowest BCUT2D eigenvalue weighted by Crippen LogP contribution is -2.04. The molecule has 0 aliphatic carbocycles. The fraction of sp³-hybridized carbons (Fsp3) is 0.182. The van der Waals surface area contributed by atoms with Crippen molar-refractivity contribution in [2.75, 3.05) is 7.11 Å². The van der Waals surface area contributed by atoms with Gasteiger partial charge in [0.15, 0.2) is 0 Å². The highest BCUT2D eigenvalue weighted by atomic mass is 16.6. The first-order valence-corrected chi connectivity index (χ1v) is 4.71. The highest BCUT2D eigenvalue weighted by Crippen LogP contribution is 2.33. The lowest BCUT2D eigenvalue weighted by Gasteiger charge is -2.09. The van der Waals surface area contributed by atoms with Crippen LogP contribution in [-0.4, -0.2) is 12.0 Å². The molecule has 0 unspecified atom stereocenters. The Morgan fingerprint density at radius 2 is 2.24 bits per heavy atom. The maximum atomic E-state index is 10.8. The van der Waals surface area contributed by atoms with Crippen LogP contribution in [0, 0.1) is 21.4 Å². The van der Waals surface area contributed by atoms with E-state index < -0.39 is 4.92 Å². The molecule has 0 aliphatic heterocycles. The summed E-state index contributed by atoms with van der Waals surface area (Å²) in [5.74, 6) is 0.0598. The van der Waals surface area contributed by atoms with Gasteiger partial charge in [-0.3, -0.25) is 10.1 Å². The Bertz CT molecular complexity index is 529. The van der Waals surface area contributed by atoms with Crippen LogP contribution in [0.25, 0.3) is 5.70 Å². The molecule has 6 nitrogen and oxygen atoms in total. The second-order valence-corrected chi connectivity index (χ2v) is 3.27. The van der Waals surface area contributed by atoms with Gasteiger partial charge in [0, 0.05) is 11.6 Å². The van der Waals surface area contributed by atoms with Crippen molar-refractivity contribution in [3.8, 4) is 11.8 Å². The molecule has 0 spiro atoms. The molecule has 0 saturated carbocycles. The van der Waals surface area contributed by atoms with Gasteiger partial charge >= 0.3 is 5.69 Å². The maximum Gasteiger partial charge on any atom is 0.311 e. The zero-order chi connectivity index (χ0) is 13.0.